The first kappa shape index (κ1) is 13.0. The third-order valence-corrected chi connectivity index (χ3v) is 2.77. The van der Waals surface area contributed by atoms with Gasteiger partial charge in [-0.05, 0) is 33.1 Å². The van der Waals surface area contributed by atoms with Crippen LogP contribution < -0.4 is 5.32 Å². The van der Waals surface area contributed by atoms with Crippen LogP contribution in [-0.2, 0) is 14.3 Å². The number of hydrogen-bond acceptors (Lipinski definition) is 3. The zero-order chi connectivity index (χ0) is 12.1. The van der Waals surface area contributed by atoms with Gasteiger partial charge in [-0.15, -0.1) is 0 Å². The number of ether oxygens (including phenoxy) is 1. The lowest BCUT2D eigenvalue weighted by atomic mass is 9.85. The predicted octanol–water partition coefficient (Wildman–Crippen LogP) is 1.63. The highest BCUT2D eigenvalue weighted by molar-refractivity contribution is 5.74. The van der Waals surface area contributed by atoms with Crippen molar-refractivity contribution >= 4 is 11.9 Å². The first-order valence-electron chi connectivity index (χ1n) is 5.96. The second kappa shape index (κ2) is 5.87. The molecule has 0 aromatic heterocycles. The Hall–Kier alpha value is -1.06. The molecule has 0 spiro atoms. The van der Waals surface area contributed by atoms with Crippen molar-refractivity contribution in [2.75, 3.05) is 0 Å². The molecule has 0 aromatic carbocycles. The van der Waals surface area contributed by atoms with Gasteiger partial charge < -0.3 is 10.1 Å². The quantitative estimate of drug-likeness (QED) is 0.746. The minimum Gasteiger partial charge on any atom is -0.463 e. The Morgan fingerprint density at radius 3 is 2.56 bits per heavy atom. The van der Waals surface area contributed by atoms with Gasteiger partial charge in [-0.3, -0.25) is 9.59 Å². The number of rotatable bonds is 3. The maximum atomic E-state index is 11.7. The summed E-state index contributed by atoms with van der Waals surface area (Å²) >= 11 is 0. The van der Waals surface area contributed by atoms with Gasteiger partial charge in [0.05, 0.1) is 12.0 Å². The molecule has 1 N–H and O–H groups in total. The topological polar surface area (TPSA) is 55.4 Å². The minimum atomic E-state index is -0.120. The monoisotopic (exact) mass is 227 g/mol. The molecule has 1 saturated carbocycles. The van der Waals surface area contributed by atoms with E-state index in [0.717, 1.165) is 19.3 Å². The smallest absolute Gasteiger partial charge is 0.309 e. The zero-order valence-electron chi connectivity index (χ0n) is 10.3. The average molecular weight is 227 g/mol. The fourth-order valence-corrected chi connectivity index (χ4v) is 2.15. The van der Waals surface area contributed by atoms with Gasteiger partial charge in [0.25, 0.3) is 0 Å². The highest BCUT2D eigenvalue weighted by Crippen LogP contribution is 2.25. The molecule has 0 bridgehead atoms. The minimum absolute atomic E-state index is 0.0251. The van der Waals surface area contributed by atoms with Crippen LogP contribution in [0.15, 0.2) is 0 Å². The standard InChI is InChI=1S/C12H21NO3/c1-8(2)16-12(15)10-5-4-6-11(7-10)13-9(3)14/h8,10-11H,4-7H2,1-3H3,(H,13,14). The lowest BCUT2D eigenvalue weighted by molar-refractivity contribution is -0.154. The van der Waals surface area contributed by atoms with Crippen molar-refractivity contribution in [1.82, 2.24) is 5.32 Å². The molecule has 0 radical (unpaired) electrons. The number of esters is 1. The van der Waals surface area contributed by atoms with E-state index in [1.807, 2.05) is 13.8 Å². The molecule has 92 valence electrons. The summed E-state index contributed by atoms with van der Waals surface area (Å²) in [4.78, 5) is 22.6. The van der Waals surface area contributed by atoms with Gasteiger partial charge >= 0.3 is 5.97 Å². The van der Waals surface area contributed by atoms with E-state index in [0.29, 0.717) is 6.42 Å². The molecule has 4 nitrogen and oxygen atoms in total. The average Bonchev–Trinajstić information content (AvgIpc) is 2.16. The van der Waals surface area contributed by atoms with Gasteiger partial charge in [0.1, 0.15) is 0 Å². The van der Waals surface area contributed by atoms with Gasteiger partial charge in [0, 0.05) is 13.0 Å². The van der Waals surface area contributed by atoms with Crippen molar-refractivity contribution in [1.29, 1.82) is 0 Å². The van der Waals surface area contributed by atoms with Crippen molar-refractivity contribution in [2.45, 2.75) is 58.6 Å². The van der Waals surface area contributed by atoms with Crippen LogP contribution >= 0.6 is 0 Å². The Morgan fingerprint density at radius 2 is 2.00 bits per heavy atom. The molecule has 1 rings (SSSR count). The molecule has 2 atom stereocenters. The van der Waals surface area contributed by atoms with Crippen LogP contribution in [0.1, 0.15) is 46.5 Å². The summed E-state index contributed by atoms with van der Waals surface area (Å²) in [7, 11) is 0. The fourth-order valence-electron chi connectivity index (χ4n) is 2.15. The van der Waals surface area contributed by atoms with Crippen molar-refractivity contribution in [3.05, 3.63) is 0 Å². The Morgan fingerprint density at radius 1 is 1.31 bits per heavy atom. The molecule has 2 unspecified atom stereocenters. The maximum absolute atomic E-state index is 11.7. The molecule has 0 aromatic rings. The third-order valence-electron chi connectivity index (χ3n) is 2.77. The predicted molar refractivity (Wildman–Crippen MR) is 60.8 cm³/mol. The first-order chi connectivity index (χ1) is 7.49. The summed E-state index contributed by atoms with van der Waals surface area (Å²) in [6.45, 7) is 5.22. The van der Waals surface area contributed by atoms with Crippen molar-refractivity contribution in [2.24, 2.45) is 5.92 Å². The lowest BCUT2D eigenvalue weighted by Gasteiger charge is -2.28. The molecule has 1 aliphatic rings. The molecule has 1 amide bonds. The molecule has 1 fully saturated rings. The number of hydrogen-bond donors (Lipinski definition) is 1. The normalized spacial score (nSPS) is 25.2. The second-order valence-electron chi connectivity index (χ2n) is 4.75. The highest BCUT2D eigenvalue weighted by Gasteiger charge is 2.29. The zero-order valence-corrected chi connectivity index (χ0v) is 10.3. The Balaban J connectivity index is 2.43. The van der Waals surface area contributed by atoms with Gasteiger partial charge in [-0.25, -0.2) is 0 Å². The van der Waals surface area contributed by atoms with E-state index in [-0.39, 0.29) is 29.9 Å². The van der Waals surface area contributed by atoms with E-state index in [1.165, 1.54) is 6.92 Å². The Labute approximate surface area is 96.7 Å². The second-order valence-corrected chi connectivity index (χ2v) is 4.75. The fraction of sp³-hybridized carbons (Fsp3) is 0.833. The van der Waals surface area contributed by atoms with Crippen molar-refractivity contribution in [3.63, 3.8) is 0 Å². The number of amides is 1. The number of carbonyl (C=O) groups is 2. The third kappa shape index (κ3) is 4.21. The molecule has 0 saturated heterocycles. The largest absolute Gasteiger partial charge is 0.463 e. The first-order valence-corrected chi connectivity index (χ1v) is 5.96. The molecule has 16 heavy (non-hydrogen) atoms. The SMILES string of the molecule is CC(=O)NC1CCCC(C(=O)OC(C)C)C1. The van der Waals surface area contributed by atoms with E-state index in [9.17, 15) is 9.59 Å². The van der Waals surface area contributed by atoms with Crippen molar-refractivity contribution in [3.8, 4) is 0 Å². The Kier molecular flexibility index (Phi) is 4.77. The van der Waals surface area contributed by atoms with Gasteiger partial charge in [-0.1, -0.05) is 6.42 Å². The summed E-state index contributed by atoms with van der Waals surface area (Å²) in [5, 5.41) is 2.87. The van der Waals surface area contributed by atoms with E-state index in [1.54, 1.807) is 0 Å². The van der Waals surface area contributed by atoms with E-state index in [2.05, 4.69) is 5.32 Å². The van der Waals surface area contributed by atoms with Gasteiger partial charge in [0.15, 0.2) is 0 Å². The highest BCUT2D eigenvalue weighted by atomic mass is 16.5. The van der Waals surface area contributed by atoms with E-state index in [4.69, 9.17) is 4.74 Å². The summed E-state index contributed by atoms with van der Waals surface area (Å²) in [6, 6.07) is 0.135. The molecule has 0 heterocycles. The summed E-state index contributed by atoms with van der Waals surface area (Å²) in [5.41, 5.74) is 0. The van der Waals surface area contributed by atoms with Gasteiger partial charge in [-0.2, -0.15) is 0 Å². The van der Waals surface area contributed by atoms with Crippen LogP contribution in [0.3, 0.4) is 0 Å². The van der Waals surface area contributed by atoms with Crippen LogP contribution in [0, 0.1) is 5.92 Å². The van der Waals surface area contributed by atoms with E-state index < -0.39 is 0 Å². The Bertz CT molecular complexity index is 263. The summed E-state index contributed by atoms with van der Waals surface area (Å²) in [5.74, 6) is -0.194. The molecule has 0 aliphatic heterocycles. The maximum Gasteiger partial charge on any atom is 0.309 e. The van der Waals surface area contributed by atoms with Gasteiger partial charge in [0.2, 0.25) is 5.91 Å². The van der Waals surface area contributed by atoms with Crippen LogP contribution in [0.5, 0.6) is 0 Å². The number of carbonyl (C=O) groups excluding carboxylic acids is 2. The van der Waals surface area contributed by atoms with Crippen LogP contribution in [-0.4, -0.2) is 24.0 Å². The molecular formula is C12H21NO3. The lowest BCUT2D eigenvalue weighted by Crippen LogP contribution is -2.39. The van der Waals surface area contributed by atoms with Crippen LogP contribution in [0.2, 0.25) is 0 Å². The van der Waals surface area contributed by atoms with Crippen LogP contribution in [0.4, 0.5) is 0 Å². The van der Waals surface area contributed by atoms with Crippen LogP contribution in [0.25, 0.3) is 0 Å². The molecular weight excluding hydrogens is 206 g/mol. The van der Waals surface area contributed by atoms with E-state index >= 15 is 0 Å². The summed E-state index contributed by atoms with van der Waals surface area (Å²) in [6.07, 6.45) is 3.47. The molecule has 1 aliphatic carbocycles. The molecule has 4 heteroatoms. The number of nitrogens with one attached hydrogen (secondary N) is 1. The van der Waals surface area contributed by atoms with Crippen molar-refractivity contribution < 1.29 is 14.3 Å². The summed E-state index contributed by atoms with van der Waals surface area (Å²) < 4.78 is 5.19.